The van der Waals surface area contributed by atoms with Gasteiger partial charge in [0, 0.05) is 12.1 Å². The number of hydrogen-bond donors (Lipinski definition) is 3. The lowest BCUT2D eigenvalue weighted by Gasteiger charge is -2.09. The Morgan fingerprint density at radius 2 is 1.89 bits per heavy atom. The average Bonchev–Trinajstić information content (AvgIpc) is 2.67. The van der Waals surface area contributed by atoms with Crippen LogP contribution in [0.15, 0.2) is 53.4 Å². The molecule has 2 aromatic rings. The fourth-order valence-corrected chi connectivity index (χ4v) is 3.27. The number of hydrogen-bond acceptors (Lipinski definition) is 6. The van der Waals surface area contributed by atoms with Gasteiger partial charge in [0.2, 0.25) is 10.0 Å². The van der Waals surface area contributed by atoms with Gasteiger partial charge in [-0.15, -0.1) is 0 Å². The van der Waals surface area contributed by atoms with Gasteiger partial charge in [-0.1, -0.05) is 24.3 Å². The van der Waals surface area contributed by atoms with Crippen LogP contribution >= 0.6 is 0 Å². The normalized spacial score (nSPS) is 11.0. The van der Waals surface area contributed by atoms with Crippen molar-refractivity contribution in [1.29, 1.82) is 5.41 Å². The van der Waals surface area contributed by atoms with Crippen LogP contribution < -0.4 is 15.2 Å². The molecule has 0 spiro atoms. The first kappa shape index (κ1) is 20.4. The van der Waals surface area contributed by atoms with Crippen LogP contribution in [-0.4, -0.2) is 40.5 Å². The molecule has 8 nitrogen and oxygen atoms in total. The highest BCUT2D eigenvalue weighted by atomic mass is 32.2. The Morgan fingerprint density at radius 1 is 1.19 bits per heavy atom. The molecule has 144 valence electrons. The summed E-state index contributed by atoms with van der Waals surface area (Å²) >= 11 is 0. The molecule has 0 aliphatic rings. The van der Waals surface area contributed by atoms with Gasteiger partial charge in [0.05, 0.1) is 12.0 Å². The highest BCUT2D eigenvalue weighted by Gasteiger charge is 2.14. The second kappa shape index (κ2) is 9.15. The Kier molecular flexibility index (Phi) is 6.91. The van der Waals surface area contributed by atoms with Crippen molar-refractivity contribution < 1.29 is 22.7 Å². The number of amidine groups is 1. The maximum Gasteiger partial charge on any atom is 0.343 e. The third-order valence-corrected chi connectivity index (χ3v) is 5.13. The third kappa shape index (κ3) is 6.08. The number of nitrogens with two attached hydrogens (primary N) is 1. The number of ether oxygens (including phenoxy) is 2. The van der Waals surface area contributed by atoms with E-state index in [4.69, 9.17) is 15.9 Å². The molecule has 0 aromatic heterocycles. The average molecular weight is 391 g/mol. The number of nitrogen functional groups attached to an aromatic ring is 1. The summed E-state index contributed by atoms with van der Waals surface area (Å²) in [7, 11) is -2.41. The van der Waals surface area contributed by atoms with Crippen LogP contribution in [0.3, 0.4) is 0 Å². The van der Waals surface area contributed by atoms with Crippen LogP contribution in [0.25, 0.3) is 0 Å². The van der Waals surface area contributed by atoms with E-state index in [9.17, 15) is 13.2 Å². The molecule has 0 amide bonds. The number of carbonyl (C=O) groups excluding carboxylic acids is 1. The van der Waals surface area contributed by atoms with Gasteiger partial charge in [-0.25, -0.2) is 17.9 Å². The van der Waals surface area contributed by atoms with E-state index < -0.39 is 16.0 Å². The zero-order valence-corrected chi connectivity index (χ0v) is 15.6. The number of nitrogens with one attached hydrogen (secondary N) is 2. The van der Waals surface area contributed by atoms with E-state index >= 15 is 0 Å². The van der Waals surface area contributed by atoms with E-state index in [0.29, 0.717) is 17.7 Å². The van der Waals surface area contributed by atoms with Crippen molar-refractivity contribution in [2.24, 2.45) is 5.73 Å². The molecular formula is C18H21N3O5S. The molecule has 0 unspecified atom stereocenters. The fraction of sp³-hybridized carbons (Fsp3) is 0.222. The maximum atomic E-state index is 12.3. The molecule has 2 rings (SSSR count). The van der Waals surface area contributed by atoms with Crippen LogP contribution in [0.4, 0.5) is 0 Å². The van der Waals surface area contributed by atoms with Gasteiger partial charge < -0.3 is 15.2 Å². The second-order valence-corrected chi connectivity index (χ2v) is 7.36. The SMILES string of the molecule is COC(=O)COc1ccc(CCNS(=O)(=O)c2cccc(C(=N)N)c2)cc1. The van der Waals surface area contributed by atoms with Crippen LogP contribution in [0.5, 0.6) is 5.75 Å². The Bertz CT molecular complexity index is 911. The molecule has 0 saturated heterocycles. The monoisotopic (exact) mass is 391 g/mol. The summed E-state index contributed by atoms with van der Waals surface area (Å²) in [5.74, 6) is -0.144. The Labute approximate surface area is 157 Å². The van der Waals surface area contributed by atoms with Gasteiger partial charge in [-0.3, -0.25) is 5.41 Å². The van der Waals surface area contributed by atoms with Crippen molar-refractivity contribution in [1.82, 2.24) is 4.72 Å². The van der Waals surface area contributed by atoms with E-state index in [2.05, 4.69) is 9.46 Å². The topological polar surface area (TPSA) is 132 Å². The van der Waals surface area contributed by atoms with Gasteiger partial charge >= 0.3 is 5.97 Å². The number of benzene rings is 2. The molecule has 0 fully saturated rings. The minimum atomic E-state index is -3.69. The van der Waals surface area contributed by atoms with Crippen molar-refractivity contribution in [2.75, 3.05) is 20.3 Å². The summed E-state index contributed by atoms with van der Waals surface area (Å²) in [5.41, 5.74) is 6.64. The van der Waals surface area contributed by atoms with E-state index in [1.807, 2.05) is 0 Å². The van der Waals surface area contributed by atoms with Crippen LogP contribution in [0.1, 0.15) is 11.1 Å². The number of sulfonamides is 1. The molecule has 0 aliphatic carbocycles. The highest BCUT2D eigenvalue weighted by molar-refractivity contribution is 7.89. The molecule has 4 N–H and O–H groups in total. The van der Waals surface area contributed by atoms with Crippen LogP contribution in [0.2, 0.25) is 0 Å². The molecule has 0 saturated carbocycles. The Balaban J connectivity index is 1.90. The van der Waals surface area contributed by atoms with Crippen molar-refractivity contribution in [3.05, 3.63) is 59.7 Å². The van der Waals surface area contributed by atoms with Gasteiger partial charge in [0.15, 0.2) is 6.61 Å². The molecule has 9 heteroatoms. The molecule has 2 aromatic carbocycles. The number of rotatable bonds is 9. The standard InChI is InChI=1S/C18H21N3O5S/c1-25-17(22)12-26-15-7-5-13(6-8-15)9-10-21-27(23,24)16-4-2-3-14(11-16)18(19)20/h2-8,11,21H,9-10,12H2,1H3,(H3,19,20). The molecule has 0 radical (unpaired) electrons. The number of carbonyl (C=O) groups is 1. The zero-order chi connectivity index (χ0) is 19.9. The fourth-order valence-electron chi connectivity index (χ4n) is 2.20. The lowest BCUT2D eigenvalue weighted by molar-refractivity contribution is -0.142. The van der Waals surface area contributed by atoms with Crippen molar-refractivity contribution in [2.45, 2.75) is 11.3 Å². The van der Waals surface area contributed by atoms with Gasteiger partial charge in [0.25, 0.3) is 0 Å². The molecule has 0 bridgehead atoms. The summed E-state index contributed by atoms with van der Waals surface area (Å²) in [4.78, 5) is 11.1. The van der Waals surface area contributed by atoms with E-state index in [-0.39, 0.29) is 23.9 Å². The predicted octanol–water partition coefficient (Wildman–Crippen LogP) is 1.04. The van der Waals surface area contributed by atoms with Gasteiger partial charge in [-0.2, -0.15) is 0 Å². The summed E-state index contributed by atoms with van der Waals surface area (Å²) < 4.78 is 36.9. The van der Waals surface area contributed by atoms with E-state index in [1.54, 1.807) is 36.4 Å². The summed E-state index contributed by atoms with van der Waals surface area (Å²) in [5, 5.41) is 7.40. The minimum absolute atomic E-state index is 0.0572. The molecule has 0 atom stereocenters. The molecule has 0 heterocycles. The number of esters is 1. The summed E-state index contributed by atoms with van der Waals surface area (Å²) in [6.45, 7) is 0.0317. The zero-order valence-electron chi connectivity index (χ0n) is 14.8. The molecule has 27 heavy (non-hydrogen) atoms. The maximum absolute atomic E-state index is 12.3. The first-order valence-electron chi connectivity index (χ1n) is 8.04. The first-order chi connectivity index (χ1) is 12.8. The lowest BCUT2D eigenvalue weighted by atomic mass is 10.1. The lowest BCUT2D eigenvalue weighted by Crippen LogP contribution is -2.26. The summed E-state index contributed by atoms with van der Waals surface area (Å²) in [6.07, 6.45) is 0.475. The predicted molar refractivity (Wildman–Crippen MR) is 100 cm³/mol. The quantitative estimate of drug-likeness (QED) is 0.332. The van der Waals surface area contributed by atoms with Crippen molar-refractivity contribution >= 4 is 21.8 Å². The smallest absolute Gasteiger partial charge is 0.343 e. The van der Waals surface area contributed by atoms with E-state index in [0.717, 1.165) is 5.56 Å². The Hall–Kier alpha value is -2.91. The Morgan fingerprint density at radius 3 is 2.52 bits per heavy atom. The molecule has 0 aliphatic heterocycles. The van der Waals surface area contributed by atoms with Crippen molar-refractivity contribution in [3.8, 4) is 5.75 Å². The third-order valence-electron chi connectivity index (χ3n) is 3.67. The molecular weight excluding hydrogens is 370 g/mol. The van der Waals surface area contributed by atoms with Gasteiger partial charge in [-0.05, 0) is 36.2 Å². The number of methoxy groups -OCH3 is 1. The van der Waals surface area contributed by atoms with Crippen LogP contribution in [0, 0.1) is 5.41 Å². The van der Waals surface area contributed by atoms with Crippen molar-refractivity contribution in [3.63, 3.8) is 0 Å². The minimum Gasteiger partial charge on any atom is -0.482 e. The van der Waals surface area contributed by atoms with E-state index in [1.165, 1.54) is 19.2 Å². The van der Waals surface area contributed by atoms with Crippen LogP contribution in [-0.2, 0) is 26.0 Å². The largest absolute Gasteiger partial charge is 0.482 e. The second-order valence-electron chi connectivity index (χ2n) is 5.60. The van der Waals surface area contributed by atoms with Gasteiger partial charge in [0.1, 0.15) is 11.6 Å². The summed E-state index contributed by atoms with van der Waals surface area (Å²) in [6, 6.07) is 12.9. The highest BCUT2D eigenvalue weighted by Crippen LogP contribution is 2.14. The first-order valence-corrected chi connectivity index (χ1v) is 9.53.